The Kier molecular flexibility index (Phi) is 6.02. The number of amides is 1. The van der Waals surface area contributed by atoms with Crippen LogP contribution in [0.25, 0.3) is 0 Å². The molecule has 0 atom stereocenters. The van der Waals surface area contributed by atoms with E-state index in [1.165, 1.54) is 13.2 Å². The van der Waals surface area contributed by atoms with Crippen molar-refractivity contribution in [3.63, 3.8) is 0 Å². The number of carbonyl (C=O) groups is 2. The Hall–Kier alpha value is -1.88. The molecule has 5 nitrogen and oxygen atoms in total. The van der Waals surface area contributed by atoms with Crippen LogP contribution in [-0.2, 0) is 4.74 Å². The van der Waals surface area contributed by atoms with Crippen LogP contribution in [0, 0.1) is 0 Å². The zero-order chi connectivity index (χ0) is 14.3. The summed E-state index contributed by atoms with van der Waals surface area (Å²) in [7, 11) is 5.29. The Morgan fingerprint density at radius 2 is 1.95 bits per heavy atom. The molecule has 0 aromatic heterocycles. The van der Waals surface area contributed by atoms with Crippen molar-refractivity contribution in [3.8, 4) is 0 Å². The molecule has 19 heavy (non-hydrogen) atoms. The number of benzene rings is 1. The van der Waals surface area contributed by atoms with Gasteiger partial charge in [0.25, 0.3) is 5.91 Å². The average Bonchev–Trinajstić information content (AvgIpc) is 2.42. The van der Waals surface area contributed by atoms with Gasteiger partial charge in [-0.3, -0.25) is 4.79 Å². The van der Waals surface area contributed by atoms with E-state index >= 15 is 0 Å². The van der Waals surface area contributed by atoms with Crippen LogP contribution in [0.5, 0.6) is 0 Å². The van der Waals surface area contributed by atoms with Crippen LogP contribution in [0.3, 0.4) is 0 Å². The molecule has 0 saturated carbocycles. The van der Waals surface area contributed by atoms with Crippen LogP contribution in [0.2, 0.25) is 0 Å². The van der Waals surface area contributed by atoms with Crippen LogP contribution >= 0.6 is 0 Å². The number of ether oxygens (including phenoxy) is 1. The quantitative estimate of drug-likeness (QED) is 0.618. The molecular formula is C14H20N2O3. The Morgan fingerprint density at radius 3 is 2.58 bits per heavy atom. The smallest absolute Gasteiger partial charge is 0.337 e. The number of rotatable bonds is 6. The minimum Gasteiger partial charge on any atom is -0.465 e. The Morgan fingerprint density at radius 1 is 1.26 bits per heavy atom. The Balaban J connectivity index is 2.55. The van der Waals surface area contributed by atoms with Gasteiger partial charge in [-0.05, 0) is 45.3 Å². The van der Waals surface area contributed by atoms with Gasteiger partial charge in [-0.25, -0.2) is 4.79 Å². The first-order chi connectivity index (χ1) is 9.04. The van der Waals surface area contributed by atoms with Crippen LogP contribution in [0.4, 0.5) is 0 Å². The van der Waals surface area contributed by atoms with Crippen molar-refractivity contribution in [1.82, 2.24) is 10.2 Å². The topological polar surface area (TPSA) is 58.6 Å². The minimum atomic E-state index is -0.442. The van der Waals surface area contributed by atoms with Crippen molar-refractivity contribution in [2.75, 3.05) is 34.3 Å². The molecule has 1 aromatic carbocycles. The molecule has 0 unspecified atom stereocenters. The lowest BCUT2D eigenvalue weighted by atomic mass is 10.1. The van der Waals surface area contributed by atoms with Gasteiger partial charge in [0.15, 0.2) is 0 Å². The van der Waals surface area contributed by atoms with E-state index in [4.69, 9.17) is 0 Å². The summed E-state index contributed by atoms with van der Waals surface area (Å²) in [5.41, 5.74) is 0.844. The maximum Gasteiger partial charge on any atom is 0.337 e. The molecule has 1 N–H and O–H groups in total. The van der Waals surface area contributed by atoms with Crippen LogP contribution in [-0.4, -0.2) is 51.1 Å². The van der Waals surface area contributed by atoms with Crippen LogP contribution in [0.15, 0.2) is 24.3 Å². The highest BCUT2D eigenvalue weighted by Gasteiger charge is 2.09. The third-order valence-electron chi connectivity index (χ3n) is 2.61. The fourth-order valence-corrected chi connectivity index (χ4v) is 1.60. The van der Waals surface area contributed by atoms with Crippen LogP contribution in [0.1, 0.15) is 27.1 Å². The third kappa shape index (κ3) is 5.09. The van der Waals surface area contributed by atoms with Gasteiger partial charge in [0, 0.05) is 12.1 Å². The van der Waals surface area contributed by atoms with Gasteiger partial charge in [0.1, 0.15) is 0 Å². The number of hydrogen-bond acceptors (Lipinski definition) is 4. The van der Waals surface area contributed by atoms with Crippen LogP contribution < -0.4 is 5.32 Å². The fourth-order valence-electron chi connectivity index (χ4n) is 1.60. The number of hydrogen-bond donors (Lipinski definition) is 1. The summed E-state index contributed by atoms with van der Waals surface area (Å²) in [5.74, 6) is -0.619. The molecule has 0 spiro atoms. The number of esters is 1. The summed E-state index contributed by atoms with van der Waals surface area (Å²) < 4.78 is 4.62. The van der Waals surface area contributed by atoms with E-state index in [0.29, 0.717) is 17.7 Å². The summed E-state index contributed by atoms with van der Waals surface area (Å²) in [5, 5.41) is 2.82. The highest BCUT2D eigenvalue weighted by atomic mass is 16.5. The molecule has 0 radical (unpaired) electrons. The molecule has 0 bridgehead atoms. The van der Waals surface area contributed by atoms with E-state index in [2.05, 4.69) is 15.0 Å². The maximum atomic E-state index is 11.9. The second-order valence-corrected chi connectivity index (χ2v) is 4.49. The molecule has 0 saturated heterocycles. The van der Waals surface area contributed by atoms with Crippen molar-refractivity contribution in [3.05, 3.63) is 35.4 Å². The predicted molar refractivity (Wildman–Crippen MR) is 73.3 cm³/mol. The van der Waals surface area contributed by atoms with Gasteiger partial charge < -0.3 is 15.0 Å². The standard InChI is InChI=1S/C14H20N2O3/c1-16(2)9-5-8-15-13(17)11-6-4-7-12(10-11)14(18)19-3/h4,6-7,10H,5,8-9H2,1-3H3,(H,15,17). The van der Waals surface area contributed by atoms with E-state index < -0.39 is 5.97 Å². The van der Waals surface area contributed by atoms with Gasteiger partial charge >= 0.3 is 5.97 Å². The lowest BCUT2D eigenvalue weighted by Crippen LogP contribution is -2.27. The predicted octanol–water partition coefficient (Wildman–Crippen LogP) is 1.15. The number of methoxy groups -OCH3 is 1. The lowest BCUT2D eigenvalue weighted by molar-refractivity contribution is 0.0600. The van der Waals surface area contributed by atoms with Crippen molar-refractivity contribution in [2.24, 2.45) is 0 Å². The zero-order valence-corrected chi connectivity index (χ0v) is 11.6. The van der Waals surface area contributed by atoms with Crippen molar-refractivity contribution in [2.45, 2.75) is 6.42 Å². The minimum absolute atomic E-state index is 0.176. The van der Waals surface area contributed by atoms with E-state index in [1.54, 1.807) is 18.2 Å². The first kappa shape index (κ1) is 15.2. The van der Waals surface area contributed by atoms with E-state index in [-0.39, 0.29) is 5.91 Å². The van der Waals surface area contributed by atoms with E-state index in [9.17, 15) is 9.59 Å². The monoisotopic (exact) mass is 264 g/mol. The summed E-state index contributed by atoms with van der Waals surface area (Å²) in [6.07, 6.45) is 0.884. The van der Waals surface area contributed by atoms with Gasteiger partial charge in [0.2, 0.25) is 0 Å². The van der Waals surface area contributed by atoms with Gasteiger partial charge in [0.05, 0.1) is 12.7 Å². The second kappa shape index (κ2) is 7.53. The van der Waals surface area contributed by atoms with Crippen molar-refractivity contribution in [1.29, 1.82) is 0 Å². The average molecular weight is 264 g/mol. The van der Waals surface area contributed by atoms with Gasteiger partial charge in [-0.2, -0.15) is 0 Å². The third-order valence-corrected chi connectivity index (χ3v) is 2.61. The van der Waals surface area contributed by atoms with Crippen molar-refractivity contribution >= 4 is 11.9 Å². The summed E-state index contributed by atoms with van der Waals surface area (Å²) in [6.45, 7) is 1.53. The molecule has 5 heteroatoms. The molecule has 1 aromatic rings. The molecule has 0 fully saturated rings. The Bertz CT molecular complexity index is 444. The molecule has 104 valence electrons. The number of nitrogens with zero attached hydrogens (tertiary/aromatic N) is 1. The van der Waals surface area contributed by atoms with Gasteiger partial charge in [-0.15, -0.1) is 0 Å². The molecule has 0 aliphatic rings. The highest BCUT2D eigenvalue weighted by Crippen LogP contribution is 2.06. The first-order valence-corrected chi connectivity index (χ1v) is 6.16. The lowest BCUT2D eigenvalue weighted by Gasteiger charge is -2.10. The second-order valence-electron chi connectivity index (χ2n) is 4.49. The van der Waals surface area contributed by atoms with E-state index in [0.717, 1.165) is 13.0 Å². The summed E-state index contributed by atoms with van der Waals surface area (Å²) in [6, 6.07) is 6.50. The fraction of sp³-hybridized carbons (Fsp3) is 0.429. The highest BCUT2D eigenvalue weighted by molar-refractivity contribution is 5.97. The van der Waals surface area contributed by atoms with E-state index in [1.807, 2.05) is 14.1 Å². The number of carbonyl (C=O) groups excluding carboxylic acids is 2. The normalized spacial score (nSPS) is 10.3. The largest absolute Gasteiger partial charge is 0.465 e. The molecule has 1 amide bonds. The van der Waals surface area contributed by atoms with Gasteiger partial charge in [-0.1, -0.05) is 6.07 Å². The van der Waals surface area contributed by atoms with Crippen molar-refractivity contribution < 1.29 is 14.3 Å². The molecular weight excluding hydrogens is 244 g/mol. The SMILES string of the molecule is COC(=O)c1cccc(C(=O)NCCCN(C)C)c1. The Labute approximate surface area is 113 Å². The maximum absolute atomic E-state index is 11.9. The molecule has 0 aliphatic heterocycles. The summed E-state index contributed by atoms with van der Waals surface area (Å²) in [4.78, 5) is 25.3. The molecule has 1 rings (SSSR count). The summed E-state index contributed by atoms with van der Waals surface area (Å²) >= 11 is 0. The zero-order valence-electron chi connectivity index (χ0n) is 11.6. The molecule has 0 heterocycles. The first-order valence-electron chi connectivity index (χ1n) is 6.16. The number of nitrogens with one attached hydrogen (secondary N) is 1. The molecule has 0 aliphatic carbocycles.